The van der Waals surface area contributed by atoms with Crippen molar-refractivity contribution in [2.24, 2.45) is 5.92 Å². The molecule has 0 spiro atoms. The smallest absolute Gasteiger partial charge is 0.410 e. The molecule has 7 rings (SSSR count). The lowest BCUT2D eigenvalue weighted by atomic mass is 10.0. The second-order valence-corrected chi connectivity index (χ2v) is 16.8. The number of carbonyl (C=O) groups excluding carboxylic acids is 3. The molecule has 54 heavy (non-hydrogen) atoms. The Morgan fingerprint density at radius 3 is 2.24 bits per heavy atom. The molecule has 0 aliphatic carbocycles. The van der Waals surface area contributed by atoms with E-state index in [1.54, 1.807) is 33.8 Å². The summed E-state index contributed by atoms with van der Waals surface area (Å²) >= 11 is 3.37. The molecule has 0 saturated carbocycles. The van der Waals surface area contributed by atoms with Gasteiger partial charge in [0.15, 0.2) is 0 Å². The fraction of sp³-hybridized carbons (Fsp3) is 0.425. The van der Waals surface area contributed by atoms with Crippen LogP contribution in [-0.2, 0) is 14.3 Å². The van der Waals surface area contributed by atoms with Crippen LogP contribution >= 0.6 is 22.7 Å². The minimum atomic E-state index is -0.679. The third-order valence-corrected chi connectivity index (χ3v) is 11.9. The fourth-order valence-corrected chi connectivity index (χ4v) is 9.39. The number of nitrogens with one attached hydrogen (secondary N) is 3. The molecule has 3 atom stereocenters. The van der Waals surface area contributed by atoms with Gasteiger partial charge in [0.2, 0.25) is 5.91 Å². The summed E-state index contributed by atoms with van der Waals surface area (Å²) in [5.74, 6) is 7.83. The van der Waals surface area contributed by atoms with Gasteiger partial charge in [-0.25, -0.2) is 19.6 Å². The average molecular weight is 768 g/mol. The lowest BCUT2D eigenvalue weighted by Crippen LogP contribution is -2.51. The zero-order valence-electron chi connectivity index (χ0n) is 31.3. The fourth-order valence-electron chi connectivity index (χ4n) is 7.08. The van der Waals surface area contributed by atoms with Crippen molar-refractivity contribution in [1.82, 2.24) is 35.1 Å². The molecule has 0 radical (unpaired) electrons. The van der Waals surface area contributed by atoms with E-state index in [1.807, 2.05) is 45.7 Å². The minimum absolute atomic E-state index is 0.0971. The van der Waals surface area contributed by atoms with E-state index in [4.69, 9.17) is 9.47 Å². The van der Waals surface area contributed by atoms with Gasteiger partial charge in [0.25, 0.3) is 0 Å². The molecule has 3 amide bonds. The van der Waals surface area contributed by atoms with Crippen molar-refractivity contribution in [2.75, 3.05) is 20.2 Å². The minimum Gasteiger partial charge on any atom is -0.453 e. The molecular weight excluding hydrogens is 723 g/mol. The third-order valence-electron chi connectivity index (χ3n) is 9.75. The highest BCUT2D eigenvalue weighted by molar-refractivity contribution is 7.27. The number of alkyl carbamates (subject to hydrolysis) is 1. The van der Waals surface area contributed by atoms with Gasteiger partial charge in [0, 0.05) is 29.4 Å². The quantitative estimate of drug-likeness (QED) is 0.141. The van der Waals surface area contributed by atoms with Crippen LogP contribution in [0.25, 0.3) is 31.8 Å². The number of hydrogen-bond acceptors (Lipinski definition) is 9. The van der Waals surface area contributed by atoms with Gasteiger partial charge in [0.05, 0.1) is 52.2 Å². The maximum atomic E-state index is 13.5. The van der Waals surface area contributed by atoms with Crippen molar-refractivity contribution >= 4 is 50.2 Å². The number of hydrogen-bond donors (Lipinski definition) is 3. The Kier molecular flexibility index (Phi) is 10.5. The summed E-state index contributed by atoms with van der Waals surface area (Å²) < 4.78 is 12.7. The van der Waals surface area contributed by atoms with E-state index < -0.39 is 17.7 Å². The van der Waals surface area contributed by atoms with E-state index in [1.165, 1.54) is 11.8 Å². The van der Waals surface area contributed by atoms with E-state index in [9.17, 15) is 14.4 Å². The molecule has 2 aliphatic rings. The molecular formula is C40H45N7O5S2. The number of likely N-dealkylation sites (tertiary alicyclic amines) is 2. The molecule has 14 heteroatoms. The Labute approximate surface area is 322 Å². The van der Waals surface area contributed by atoms with Crippen molar-refractivity contribution in [3.05, 3.63) is 70.3 Å². The number of ether oxygens (including phenoxy) is 2. The number of imidazole rings is 2. The topological polar surface area (TPSA) is 146 Å². The van der Waals surface area contributed by atoms with Crippen LogP contribution in [0, 0.1) is 17.8 Å². The normalized spacial score (nSPS) is 17.8. The van der Waals surface area contributed by atoms with Gasteiger partial charge in [-0.2, -0.15) is 0 Å². The number of H-pyrrole nitrogens is 2. The number of aromatic amines is 2. The third kappa shape index (κ3) is 7.74. The molecule has 4 aromatic heterocycles. The van der Waals surface area contributed by atoms with Gasteiger partial charge in [-0.1, -0.05) is 44.0 Å². The molecule has 2 saturated heterocycles. The van der Waals surface area contributed by atoms with Gasteiger partial charge in [0.1, 0.15) is 29.0 Å². The van der Waals surface area contributed by atoms with Crippen LogP contribution < -0.4 is 5.32 Å². The predicted molar refractivity (Wildman–Crippen MR) is 210 cm³/mol. The van der Waals surface area contributed by atoms with E-state index in [0.717, 1.165) is 70.0 Å². The monoisotopic (exact) mass is 767 g/mol. The van der Waals surface area contributed by atoms with Crippen LogP contribution in [0.15, 0.2) is 47.4 Å². The van der Waals surface area contributed by atoms with Gasteiger partial charge in [-0.3, -0.25) is 9.69 Å². The molecule has 1 aromatic carbocycles. The van der Waals surface area contributed by atoms with Gasteiger partial charge < -0.3 is 29.7 Å². The number of methoxy groups -OCH3 is 1. The van der Waals surface area contributed by atoms with Gasteiger partial charge in [-0.15, -0.1) is 22.7 Å². The van der Waals surface area contributed by atoms with Crippen LogP contribution in [0.1, 0.15) is 95.3 Å². The Morgan fingerprint density at radius 2 is 1.54 bits per heavy atom. The SMILES string of the molecule is COC(=O)N[C@H](C(=O)N1CCC[C@H]1c1ncc(-c2ccc(-c3csc4c(C#Cc5cnc([C@@H]6CCCN6C(=O)OC(C)(C)C)[nH]5)csc34)cc2)[nH]1)C(C)C. The molecule has 5 aromatic rings. The number of fused-ring (bicyclic) bond motifs is 1. The van der Waals surface area contributed by atoms with Crippen molar-refractivity contribution in [2.45, 2.75) is 84.0 Å². The number of thiophene rings is 2. The number of aromatic nitrogens is 4. The molecule has 0 unspecified atom stereocenters. The molecule has 282 valence electrons. The van der Waals surface area contributed by atoms with Crippen molar-refractivity contribution < 1.29 is 23.9 Å². The first-order valence-corrected chi connectivity index (χ1v) is 20.0. The van der Waals surface area contributed by atoms with Crippen molar-refractivity contribution in [3.8, 4) is 34.2 Å². The molecule has 2 aliphatic heterocycles. The van der Waals surface area contributed by atoms with E-state index >= 15 is 0 Å². The van der Waals surface area contributed by atoms with Gasteiger partial charge >= 0.3 is 12.2 Å². The van der Waals surface area contributed by atoms with Crippen LogP contribution in [-0.4, -0.2) is 79.7 Å². The molecule has 0 bridgehead atoms. The molecule has 12 nitrogen and oxygen atoms in total. The zero-order chi connectivity index (χ0) is 38.1. The summed E-state index contributed by atoms with van der Waals surface area (Å²) in [6.07, 6.45) is 5.99. The van der Waals surface area contributed by atoms with Crippen LogP contribution in [0.3, 0.4) is 0 Å². The first kappa shape index (κ1) is 37.2. The highest BCUT2D eigenvalue weighted by atomic mass is 32.1. The van der Waals surface area contributed by atoms with E-state index in [2.05, 4.69) is 72.1 Å². The lowest BCUT2D eigenvalue weighted by molar-refractivity contribution is -0.135. The second kappa shape index (κ2) is 15.3. The standard InChI is InChI=1S/C40H45N7O5S2/c1-23(2)32(45-38(49)51-6)37(48)46-17-7-9-30(46)36-42-20-29(44-36)25-13-11-24(12-14-25)28-22-54-33-26(21-53-34(28)33)15-16-27-19-41-35(43-27)31-10-8-18-47(31)39(50)52-40(3,4)5/h11-14,19-23,30-32H,7-10,17-18H2,1-6H3,(H,41,43)(H,42,44)(H,45,49)/t30-,31-,32-/m0/s1. The summed E-state index contributed by atoms with van der Waals surface area (Å²) in [5.41, 5.74) is 5.27. The summed E-state index contributed by atoms with van der Waals surface area (Å²) in [6.45, 7) is 10.7. The van der Waals surface area contributed by atoms with E-state index in [-0.39, 0.29) is 30.0 Å². The first-order valence-electron chi connectivity index (χ1n) is 18.3. The van der Waals surface area contributed by atoms with Crippen molar-refractivity contribution in [3.63, 3.8) is 0 Å². The summed E-state index contributed by atoms with van der Waals surface area (Å²) in [5, 5.41) is 6.98. The number of rotatable bonds is 7. The second-order valence-electron chi connectivity index (χ2n) is 15.0. The Morgan fingerprint density at radius 1 is 0.889 bits per heavy atom. The summed E-state index contributed by atoms with van der Waals surface area (Å²) in [4.78, 5) is 57.9. The largest absolute Gasteiger partial charge is 0.453 e. The highest BCUT2D eigenvalue weighted by Gasteiger charge is 2.38. The number of amides is 3. The first-order chi connectivity index (χ1) is 25.9. The zero-order valence-corrected chi connectivity index (χ0v) is 33.0. The van der Waals surface area contributed by atoms with Gasteiger partial charge in [-0.05, 0) is 69.4 Å². The average Bonchev–Trinajstić information content (AvgIpc) is 3.99. The number of carbonyl (C=O) groups is 3. The predicted octanol–water partition coefficient (Wildman–Crippen LogP) is 8.26. The van der Waals surface area contributed by atoms with E-state index in [0.29, 0.717) is 18.8 Å². The van der Waals surface area contributed by atoms with Crippen LogP contribution in [0.4, 0.5) is 9.59 Å². The molecule has 2 fully saturated rings. The Balaban J connectivity index is 1.03. The number of nitrogens with zero attached hydrogens (tertiary/aromatic N) is 4. The maximum Gasteiger partial charge on any atom is 0.410 e. The van der Waals surface area contributed by atoms with Crippen molar-refractivity contribution in [1.29, 1.82) is 0 Å². The maximum absolute atomic E-state index is 13.5. The molecule has 3 N–H and O–H groups in total. The lowest BCUT2D eigenvalue weighted by Gasteiger charge is -2.30. The van der Waals surface area contributed by atoms with Crippen LogP contribution in [0.2, 0.25) is 0 Å². The highest BCUT2D eigenvalue weighted by Crippen LogP contribution is 2.41. The number of benzene rings is 1. The summed E-state index contributed by atoms with van der Waals surface area (Å²) in [7, 11) is 1.29. The Bertz CT molecular complexity index is 2210. The molecule has 6 heterocycles. The Hall–Kier alpha value is -5.13. The van der Waals surface area contributed by atoms with Crippen LogP contribution in [0.5, 0.6) is 0 Å². The summed E-state index contributed by atoms with van der Waals surface area (Å²) in [6, 6.07) is 7.38.